The van der Waals surface area contributed by atoms with Crippen molar-refractivity contribution in [3.8, 4) is 0 Å². The summed E-state index contributed by atoms with van der Waals surface area (Å²) >= 11 is 2.02. The molecule has 4 heteroatoms. The van der Waals surface area contributed by atoms with E-state index in [1.165, 1.54) is 30.6 Å². The Bertz CT molecular complexity index is 741. The van der Waals surface area contributed by atoms with E-state index in [2.05, 4.69) is 51.7 Å². The van der Waals surface area contributed by atoms with Crippen LogP contribution >= 0.6 is 11.8 Å². The summed E-state index contributed by atoms with van der Waals surface area (Å²) in [5.41, 5.74) is 2.41. The van der Waals surface area contributed by atoms with Gasteiger partial charge in [-0.15, -0.1) is 0 Å². The SMILES string of the molecule is c1ccc(CSCCCCCNc2ncnc3ccccc23)cc1. The van der Waals surface area contributed by atoms with Crippen LogP contribution in [0.1, 0.15) is 24.8 Å². The third-order valence-corrected chi connectivity index (χ3v) is 5.03. The third kappa shape index (κ3) is 4.96. The molecule has 1 N–H and O–H groups in total. The minimum absolute atomic E-state index is 0.944. The van der Waals surface area contributed by atoms with Gasteiger partial charge in [0.1, 0.15) is 12.1 Å². The fourth-order valence-corrected chi connectivity index (χ4v) is 3.60. The highest BCUT2D eigenvalue weighted by Gasteiger charge is 2.01. The molecule has 124 valence electrons. The molecular formula is C20H23N3S. The number of para-hydroxylation sites is 1. The molecule has 0 aliphatic rings. The zero-order chi connectivity index (χ0) is 16.5. The maximum Gasteiger partial charge on any atom is 0.137 e. The summed E-state index contributed by atoms with van der Waals surface area (Å²) in [7, 11) is 0. The predicted octanol–water partition coefficient (Wildman–Crippen LogP) is 5.15. The van der Waals surface area contributed by atoms with Crippen molar-refractivity contribution in [2.24, 2.45) is 0 Å². The first-order valence-corrected chi connectivity index (χ1v) is 9.64. The normalized spacial score (nSPS) is 10.8. The molecule has 0 aliphatic carbocycles. The summed E-state index contributed by atoms with van der Waals surface area (Å²) in [4.78, 5) is 8.65. The average molecular weight is 337 g/mol. The molecule has 0 radical (unpaired) electrons. The number of hydrogen-bond acceptors (Lipinski definition) is 4. The number of unbranched alkanes of at least 4 members (excludes halogenated alkanes) is 2. The van der Waals surface area contributed by atoms with Crippen LogP contribution in [-0.4, -0.2) is 22.3 Å². The Balaban J connectivity index is 1.31. The molecule has 0 atom stereocenters. The monoisotopic (exact) mass is 337 g/mol. The summed E-state index contributed by atoms with van der Waals surface area (Å²) in [6, 6.07) is 18.8. The Labute approximate surface area is 147 Å². The Morgan fingerprint density at radius 1 is 0.833 bits per heavy atom. The van der Waals surface area contributed by atoms with Gasteiger partial charge in [-0.3, -0.25) is 0 Å². The topological polar surface area (TPSA) is 37.8 Å². The lowest BCUT2D eigenvalue weighted by atomic mass is 10.2. The Kier molecular flexibility index (Phi) is 6.49. The summed E-state index contributed by atoms with van der Waals surface area (Å²) in [5, 5.41) is 4.54. The highest BCUT2D eigenvalue weighted by molar-refractivity contribution is 7.98. The maximum absolute atomic E-state index is 4.36. The van der Waals surface area contributed by atoms with Crippen LogP contribution < -0.4 is 5.32 Å². The van der Waals surface area contributed by atoms with Crippen LogP contribution in [0, 0.1) is 0 Å². The van der Waals surface area contributed by atoms with Crippen LogP contribution in [-0.2, 0) is 5.75 Å². The Morgan fingerprint density at radius 2 is 1.67 bits per heavy atom. The Morgan fingerprint density at radius 3 is 2.58 bits per heavy atom. The van der Waals surface area contributed by atoms with Crippen molar-refractivity contribution in [3.05, 3.63) is 66.5 Å². The number of fused-ring (bicyclic) bond motifs is 1. The van der Waals surface area contributed by atoms with Crippen molar-refractivity contribution in [2.75, 3.05) is 17.6 Å². The number of thioether (sulfide) groups is 1. The number of anilines is 1. The Hall–Kier alpha value is -2.07. The van der Waals surface area contributed by atoms with Crippen molar-refractivity contribution < 1.29 is 0 Å². The minimum Gasteiger partial charge on any atom is -0.369 e. The van der Waals surface area contributed by atoms with E-state index in [-0.39, 0.29) is 0 Å². The first kappa shape index (κ1) is 16.8. The van der Waals surface area contributed by atoms with Crippen LogP contribution in [0.15, 0.2) is 60.9 Å². The molecule has 0 bridgehead atoms. The summed E-state index contributed by atoms with van der Waals surface area (Å²) in [6.45, 7) is 0.963. The molecule has 3 rings (SSSR count). The standard InChI is InChI=1S/C20H23N3S/c1-3-9-17(10-4-1)15-24-14-8-2-7-13-21-20-18-11-5-6-12-19(18)22-16-23-20/h1,3-6,9-12,16H,2,7-8,13-15H2,(H,21,22,23). The van der Waals surface area contributed by atoms with Gasteiger partial charge in [0.05, 0.1) is 5.52 Å². The van der Waals surface area contributed by atoms with Crippen LogP contribution in [0.4, 0.5) is 5.82 Å². The minimum atomic E-state index is 0.944. The molecule has 2 aromatic carbocycles. The van der Waals surface area contributed by atoms with Gasteiger partial charge in [-0.25, -0.2) is 9.97 Å². The zero-order valence-electron chi connectivity index (χ0n) is 13.8. The maximum atomic E-state index is 4.36. The van der Waals surface area contributed by atoms with Gasteiger partial charge in [-0.05, 0) is 36.3 Å². The van der Waals surface area contributed by atoms with E-state index in [0.717, 1.165) is 29.0 Å². The van der Waals surface area contributed by atoms with Crippen LogP contribution in [0.25, 0.3) is 10.9 Å². The molecule has 0 saturated carbocycles. The smallest absolute Gasteiger partial charge is 0.137 e. The van der Waals surface area contributed by atoms with Crippen LogP contribution in [0.3, 0.4) is 0 Å². The third-order valence-electron chi connectivity index (χ3n) is 3.91. The molecule has 3 nitrogen and oxygen atoms in total. The summed E-state index contributed by atoms with van der Waals surface area (Å²) < 4.78 is 0. The van der Waals surface area contributed by atoms with Crippen molar-refractivity contribution in [1.29, 1.82) is 0 Å². The van der Waals surface area contributed by atoms with E-state index in [1.807, 2.05) is 30.0 Å². The largest absolute Gasteiger partial charge is 0.369 e. The van der Waals surface area contributed by atoms with E-state index in [1.54, 1.807) is 6.33 Å². The number of rotatable bonds is 9. The van der Waals surface area contributed by atoms with E-state index < -0.39 is 0 Å². The van der Waals surface area contributed by atoms with Crippen molar-refractivity contribution in [2.45, 2.75) is 25.0 Å². The molecule has 1 heterocycles. The molecule has 0 saturated heterocycles. The lowest BCUT2D eigenvalue weighted by molar-refractivity contribution is 0.748. The lowest BCUT2D eigenvalue weighted by Crippen LogP contribution is -2.04. The molecule has 0 aliphatic heterocycles. The van der Waals surface area contributed by atoms with Gasteiger partial charge in [-0.1, -0.05) is 48.9 Å². The number of hydrogen-bond donors (Lipinski definition) is 1. The van der Waals surface area contributed by atoms with E-state index in [9.17, 15) is 0 Å². The second kappa shape index (κ2) is 9.28. The van der Waals surface area contributed by atoms with Crippen molar-refractivity contribution in [3.63, 3.8) is 0 Å². The molecule has 0 spiro atoms. The first-order valence-electron chi connectivity index (χ1n) is 8.49. The number of nitrogens with one attached hydrogen (secondary N) is 1. The van der Waals surface area contributed by atoms with Gasteiger partial charge in [0.15, 0.2) is 0 Å². The number of aromatic nitrogens is 2. The van der Waals surface area contributed by atoms with Gasteiger partial charge in [0, 0.05) is 17.7 Å². The fourth-order valence-electron chi connectivity index (χ4n) is 2.62. The highest BCUT2D eigenvalue weighted by atomic mass is 32.2. The highest BCUT2D eigenvalue weighted by Crippen LogP contribution is 2.18. The first-order chi connectivity index (χ1) is 11.9. The second-order valence-corrected chi connectivity index (χ2v) is 6.87. The van der Waals surface area contributed by atoms with Crippen molar-refractivity contribution in [1.82, 2.24) is 9.97 Å². The molecule has 0 unspecified atom stereocenters. The quantitative estimate of drug-likeness (QED) is 0.548. The molecule has 3 aromatic rings. The summed E-state index contributed by atoms with van der Waals surface area (Å²) in [5.74, 6) is 3.29. The van der Waals surface area contributed by atoms with Crippen LogP contribution in [0.2, 0.25) is 0 Å². The van der Waals surface area contributed by atoms with Gasteiger partial charge in [-0.2, -0.15) is 11.8 Å². The lowest BCUT2D eigenvalue weighted by Gasteiger charge is -2.08. The fraction of sp³-hybridized carbons (Fsp3) is 0.300. The predicted molar refractivity (Wildman–Crippen MR) is 104 cm³/mol. The van der Waals surface area contributed by atoms with Gasteiger partial charge >= 0.3 is 0 Å². The van der Waals surface area contributed by atoms with Crippen molar-refractivity contribution >= 4 is 28.5 Å². The van der Waals surface area contributed by atoms with Gasteiger partial charge in [0.25, 0.3) is 0 Å². The number of nitrogens with zero attached hydrogens (tertiary/aromatic N) is 2. The van der Waals surface area contributed by atoms with E-state index in [4.69, 9.17) is 0 Å². The average Bonchev–Trinajstić information content (AvgIpc) is 2.65. The van der Waals surface area contributed by atoms with Gasteiger partial charge < -0.3 is 5.32 Å². The zero-order valence-corrected chi connectivity index (χ0v) is 14.6. The van der Waals surface area contributed by atoms with Crippen LogP contribution in [0.5, 0.6) is 0 Å². The molecular weight excluding hydrogens is 314 g/mol. The molecule has 1 aromatic heterocycles. The second-order valence-electron chi connectivity index (χ2n) is 5.77. The van der Waals surface area contributed by atoms with E-state index >= 15 is 0 Å². The molecule has 24 heavy (non-hydrogen) atoms. The summed E-state index contributed by atoms with van der Waals surface area (Å²) in [6.07, 6.45) is 5.32. The van der Waals surface area contributed by atoms with Gasteiger partial charge in [0.2, 0.25) is 0 Å². The molecule has 0 fully saturated rings. The molecule has 0 amide bonds. The number of benzene rings is 2. The van der Waals surface area contributed by atoms with E-state index in [0.29, 0.717) is 0 Å².